The van der Waals surface area contributed by atoms with Gasteiger partial charge >= 0.3 is 0 Å². The van der Waals surface area contributed by atoms with E-state index in [2.05, 4.69) is 0 Å². The molecule has 0 bridgehead atoms. The summed E-state index contributed by atoms with van der Waals surface area (Å²) in [6, 6.07) is 16.9. The van der Waals surface area contributed by atoms with Crippen LogP contribution in [0.4, 0.5) is 0 Å². The molecule has 0 saturated heterocycles. The number of carbonyl (C=O) groups is 1. The third-order valence-corrected chi connectivity index (χ3v) is 3.95. The minimum Gasteiger partial charge on any atom is -0.507 e. The molecule has 0 atom stereocenters. The SMILES string of the molecule is CN(Cc1ccccc1)C(=O)CSc1ccccc1O. The van der Waals surface area contributed by atoms with Crippen LogP contribution in [0.25, 0.3) is 0 Å². The average Bonchev–Trinajstić information content (AvgIpc) is 2.47. The maximum atomic E-state index is 12.1. The van der Waals surface area contributed by atoms with Gasteiger partial charge in [0.25, 0.3) is 0 Å². The van der Waals surface area contributed by atoms with E-state index >= 15 is 0 Å². The fraction of sp³-hybridized carbons (Fsp3) is 0.188. The molecule has 0 unspecified atom stereocenters. The summed E-state index contributed by atoms with van der Waals surface area (Å²) in [4.78, 5) is 14.5. The van der Waals surface area contributed by atoms with Gasteiger partial charge in [0.2, 0.25) is 5.91 Å². The molecule has 0 aliphatic rings. The predicted octanol–water partition coefficient (Wildman–Crippen LogP) is 3.14. The van der Waals surface area contributed by atoms with Gasteiger partial charge in [0.05, 0.1) is 5.75 Å². The van der Waals surface area contributed by atoms with Crippen LogP contribution < -0.4 is 0 Å². The van der Waals surface area contributed by atoms with Crippen molar-refractivity contribution in [2.45, 2.75) is 11.4 Å². The van der Waals surface area contributed by atoms with Crippen LogP contribution in [0, 0.1) is 0 Å². The number of aromatic hydroxyl groups is 1. The number of thioether (sulfide) groups is 1. The Morgan fingerprint density at radius 3 is 2.45 bits per heavy atom. The number of hydrogen-bond donors (Lipinski definition) is 1. The number of nitrogens with zero attached hydrogens (tertiary/aromatic N) is 1. The molecule has 0 heterocycles. The molecule has 2 aromatic rings. The Bertz CT molecular complexity index is 572. The lowest BCUT2D eigenvalue weighted by molar-refractivity contribution is -0.127. The number of hydrogen-bond acceptors (Lipinski definition) is 3. The highest BCUT2D eigenvalue weighted by molar-refractivity contribution is 8.00. The molecule has 0 aliphatic heterocycles. The molecule has 0 aliphatic carbocycles. The summed E-state index contributed by atoms with van der Waals surface area (Å²) in [5.74, 6) is 0.582. The smallest absolute Gasteiger partial charge is 0.232 e. The van der Waals surface area contributed by atoms with Gasteiger partial charge in [-0.3, -0.25) is 4.79 Å². The second-order valence-corrected chi connectivity index (χ2v) is 5.51. The zero-order valence-electron chi connectivity index (χ0n) is 11.3. The summed E-state index contributed by atoms with van der Waals surface area (Å²) in [6.07, 6.45) is 0. The van der Waals surface area contributed by atoms with E-state index in [9.17, 15) is 9.90 Å². The minimum absolute atomic E-state index is 0.0436. The van der Waals surface area contributed by atoms with Crippen LogP contribution in [0.5, 0.6) is 5.75 Å². The highest BCUT2D eigenvalue weighted by atomic mass is 32.2. The van der Waals surface area contributed by atoms with Crippen molar-refractivity contribution in [2.75, 3.05) is 12.8 Å². The van der Waals surface area contributed by atoms with Gasteiger partial charge in [-0.2, -0.15) is 0 Å². The van der Waals surface area contributed by atoms with Crippen molar-refractivity contribution in [2.24, 2.45) is 0 Å². The zero-order chi connectivity index (χ0) is 14.4. The van der Waals surface area contributed by atoms with Crippen LogP contribution in [0.15, 0.2) is 59.5 Å². The van der Waals surface area contributed by atoms with Crippen molar-refractivity contribution in [3.8, 4) is 5.75 Å². The molecule has 2 aromatic carbocycles. The molecule has 3 nitrogen and oxygen atoms in total. The number of phenolic OH excluding ortho intramolecular Hbond substituents is 1. The predicted molar refractivity (Wildman–Crippen MR) is 81.7 cm³/mol. The van der Waals surface area contributed by atoms with E-state index in [0.717, 1.165) is 10.5 Å². The Morgan fingerprint density at radius 1 is 1.10 bits per heavy atom. The summed E-state index contributed by atoms with van der Waals surface area (Å²) >= 11 is 1.35. The number of carbonyl (C=O) groups excluding carboxylic acids is 1. The molecule has 2 rings (SSSR count). The Hall–Kier alpha value is -1.94. The highest BCUT2D eigenvalue weighted by Crippen LogP contribution is 2.27. The van der Waals surface area contributed by atoms with E-state index in [4.69, 9.17) is 0 Å². The van der Waals surface area contributed by atoms with Crippen LogP contribution >= 0.6 is 11.8 Å². The van der Waals surface area contributed by atoms with E-state index < -0.39 is 0 Å². The topological polar surface area (TPSA) is 40.5 Å². The fourth-order valence-electron chi connectivity index (χ4n) is 1.77. The first-order valence-electron chi connectivity index (χ1n) is 6.35. The van der Waals surface area contributed by atoms with E-state index in [1.807, 2.05) is 42.5 Å². The number of amides is 1. The Morgan fingerprint density at radius 2 is 1.75 bits per heavy atom. The van der Waals surface area contributed by atoms with Crippen LogP contribution in [-0.4, -0.2) is 28.7 Å². The highest BCUT2D eigenvalue weighted by Gasteiger charge is 2.11. The monoisotopic (exact) mass is 287 g/mol. The zero-order valence-corrected chi connectivity index (χ0v) is 12.1. The van der Waals surface area contributed by atoms with Gasteiger partial charge in [0.1, 0.15) is 5.75 Å². The summed E-state index contributed by atoms with van der Waals surface area (Å²) < 4.78 is 0. The van der Waals surface area contributed by atoms with Crippen LogP contribution in [0.3, 0.4) is 0 Å². The fourth-order valence-corrected chi connectivity index (χ4v) is 2.66. The van der Waals surface area contributed by atoms with Gasteiger partial charge in [-0.25, -0.2) is 0 Å². The molecule has 20 heavy (non-hydrogen) atoms. The van der Waals surface area contributed by atoms with E-state index in [1.54, 1.807) is 24.1 Å². The Kier molecular flexibility index (Phi) is 5.07. The molecule has 0 radical (unpaired) electrons. The van der Waals surface area contributed by atoms with Gasteiger partial charge < -0.3 is 10.0 Å². The van der Waals surface area contributed by atoms with Crippen LogP contribution in [0.1, 0.15) is 5.56 Å². The van der Waals surface area contributed by atoms with E-state index in [0.29, 0.717) is 12.3 Å². The van der Waals surface area contributed by atoms with E-state index in [1.165, 1.54) is 11.8 Å². The second-order valence-electron chi connectivity index (χ2n) is 4.49. The summed E-state index contributed by atoms with van der Waals surface area (Å²) in [5, 5.41) is 9.65. The van der Waals surface area contributed by atoms with Gasteiger partial charge in [0, 0.05) is 18.5 Å². The summed E-state index contributed by atoms with van der Waals surface area (Å²) in [5.41, 5.74) is 1.11. The summed E-state index contributed by atoms with van der Waals surface area (Å²) in [6.45, 7) is 0.598. The maximum absolute atomic E-state index is 12.1. The third-order valence-electron chi connectivity index (χ3n) is 2.90. The lowest BCUT2D eigenvalue weighted by Crippen LogP contribution is -2.27. The van der Waals surface area contributed by atoms with Gasteiger partial charge in [-0.15, -0.1) is 11.8 Å². The van der Waals surface area contributed by atoms with Crippen molar-refractivity contribution in [1.29, 1.82) is 0 Å². The molecule has 0 saturated carbocycles. The molecular formula is C16H17NO2S. The largest absolute Gasteiger partial charge is 0.507 e. The van der Waals surface area contributed by atoms with Crippen molar-refractivity contribution >= 4 is 17.7 Å². The Labute approximate surface area is 123 Å². The van der Waals surface area contributed by atoms with Gasteiger partial charge in [-0.05, 0) is 17.7 Å². The number of rotatable bonds is 5. The molecular weight excluding hydrogens is 270 g/mol. The Balaban J connectivity index is 1.87. The van der Waals surface area contributed by atoms with Crippen molar-refractivity contribution in [3.05, 3.63) is 60.2 Å². The van der Waals surface area contributed by atoms with Crippen molar-refractivity contribution in [1.82, 2.24) is 4.90 Å². The van der Waals surface area contributed by atoms with Crippen LogP contribution in [-0.2, 0) is 11.3 Å². The number of phenols is 1. The maximum Gasteiger partial charge on any atom is 0.232 e. The van der Waals surface area contributed by atoms with Crippen LogP contribution in [0.2, 0.25) is 0 Å². The van der Waals surface area contributed by atoms with Gasteiger partial charge in [0.15, 0.2) is 0 Å². The van der Waals surface area contributed by atoms with Crippen molar-refractivity contribution in [3.63, 3.8) is 0 Å². The van der Waals surface area contributed by atoms with Crippen molar-refractivity contribution < 1.29 is 9.90 Å². The number of benzene rings is 2. The molecule has 0 aromatic heterocycles. The quantitative estimate of drug-likeness (QED) is 0.859. The first-order chi connectivity index (χ1) is 9.66. The normalized spacial score (nSPS) is 10.2. The molecule has 104 valence electrons. The number of para-hydroxylation sites is 1. The molecule has 1 N–H and O–H groups in total. The first kappa shape index (κ1) is 14.5. The van der Waals surface area contributed by atoms with Gasteiger partial charge in [-0.1, -0.05) is 42.5 Å². The lowest BCUT2D eigenvalue weighted by Gasteiger charge is -2.17. The van der Waals surface area contributed by atoms with E-state index in [-0.39, 0.29) is 11.7 Å². The lowest BCUT2D eigenvalue weighted by atomic mass is 10.2. The molecule has 0 spiro atoms. The molecule has 4 heteroatoms. The second kappa shape index (κ2) is 7.01. The molecule has 0 fully saturated rings. The minimum atomic E-state index is 0.0436. The summed E-state index contributed by atoms with van der Waals surface area (Å²) in [7, 11) is 1.79. The molecule has 1 amide bonds. The standard InChI is InChI=1S/C16H17NO2S/c1-17(11-13-7-3-2-4-8-13)16(19)12-20-15-10-6-5-9-14(15)18/h2-10,18H,11-12H2,1H3. The first-order valence-corrected chi connectivity index (χ1v) is 7.34. The average molecular weight is 287 g/mol. The third kappa shape index (κ3) is 4.03.